The predicted molar refractivity (Wildman–Crippen MR) is 118 cm³/mol. The molecule has 2 aromatic carbocycles. The summed E-state index contributed by atoms with van der Waals surface area (Å²) >= 11 is 1.29. The van der Waals surface area contributed by atoms with Gasteiger partial charge in [0.05, 0.1) is 11.2 Å². The molecule has 2 N–H and O–H groups in total. The summed E-state index contributed by atoms with van der Waals surface area (Å²) in [6, 6.07) is 15.4. The first kappa shape index (κ1) is 21.9. The molecule has 0 radical (unpaired) electrons. The van der Waals surface area contributed by atoms with Crippen molar-refractivity contribution in [3.63, 3.8) is 0 Å². The lowest BCUT2D eigenvalue weighted by Gasteiger charge is -2.09. The second-order valence-corrected chi connectivity index (χ2v) is 9.42. The zero-order chi connectivity index (χ0) is 22.6. The van der Waals surface area contributed by atoms with Gasteiger partial charge in [0, 0.05) is 18.5 Å². The fourth-order valence-electron chi connectivity index (χ4n) is 2.90. The van der Waals surface area contributed by atoms with Gasteiger partial charge < -0.3 is 9.73 Å². The van der Waals surface area contributed by atoms with E-state index in [2.05, 4.69) is 15.0 Å². The zero-order valence-corrected chi connectivity index (χ0v) is 18.3. The van der Waals surface area contributed by atoms with Crippen LogP contribution >= 0.6 is 11.3 Å². The van der Waals surface area contributed by atoms with Crippen molar-refractivity contribution in [2.75, 3.05) is 0 Å². The molecule has 0 unspecified atom stereocenters. The minimum Gasteiger partial charge on any atom is -0.462 e. The molecule has 0 aliphatic heterocycles. The van der Waals surface area contributed by atoms with Crippen LogP contribution in [-0.2, 0) is 23.1 Å². The lowest BCUT2D eigenvalue weighted by atomic mass is 10.2. The first-order valence-corrected chi connectivity index (χ1v) is 11.9. The fraction of sp³-hybridized carbons (Fsp3) is 0.0909. The smallest absolute Gasteiger partial charge is 0.271 e. The van der Waals surface area contributed by atoms with E-state index < -0.39 is 15.8 Å². The van der Waals surface area contributed by atoms with Crippen LogP contribution in [0.2, 0.25) is 0 Å². The lowest BCUT2D eigenvalue weighted by molar-refractivity contribution is 0.0946. The number of carbonyl (C=O) groups excluding carboxylic acids is 1. The molecule has 7 nitrogen and oxygen atoms in total. The van der Waals surface area contributed by atoms with Crippen molar-refractivity contribution in [2.45, 2.75) is 18.0 Å². The number of amides is 1. The van der Waals surface area contributed by atoms with Gasteiger partial charge >= 0.3 is 0 Å². The Balaban J connectivity index is 1.38. The quantitative estimate of drug-likeness (QED) is 0.405. The number of aromatic nitrogens is 1. The third-order valence-electron chi connectivity index (χ3n) is 4.49. The van der Waals surface area contributed by atoms with E-state index in [1.165, 1.54) is 47.9 Å². The molecule has 0 aliphatic carbocycles. The Kier molecular flexibility index (Phi) is 6.45. The number of nitrogens with zero attached hydrogens (tertiary/aromatic N) is 1. The largest absolute Gasteiger partial charge is 0.462 e. The van der Waals surface area contributed by atoms with Gasteiger partial charge in [-0.05, 0) is 47.5 Å². The molecular formula is C22H18FN3O4S2. The van der Waals surface area contributed by atoms with Crippen molar-refractivity contribution < 1.29 is 22.0 Å². The van der Waals surface area contributed by atoms with Crippen LogP contribution in [0, 0.1) is 5.82 Å². The van der Waals surface area contributed by atoms with Crippen molar-refractivity contribution in [3.8, 4) is 10.8 Å². The molecule has 4 rings (SSSR count). The Labute approximate surface area is 188 Å². The number of hydrogen-bond acceptors (Lipinski definition) is 6. The summed E-state index contributed by atoms with van der Waals surface area (Å²) in [6.07, 6.45) is 1.53. The SMILES string of the molecule is O=C(NCc1cccc(S(=O)(=O)NCc2cccc(F)c2)c1)c1csc(-c2ccco2)n1. The number of sulfonamides is 1. The molecule has 0 saturated heterocycles. The van der Waals surface area contributed by atoms with E-state index in [4.69, 9.17) is 4.42 Å². The lowest BCUT2D eigenvalue weighted by Crippen LogP contribution is -2.25. The second-order valence-electron chi connectivity index (χ2n) is 6.80. The first-order chi connectivity index (χ1) is 15.4. The molecule has 0 saturated carbocycles. The molecule has 0 aliphatic rings. The monoisotopic (exact) mass is 471 g/mol. The third kappa shape index (κ3) is 5.28. The average Bonchev–Trinajstić information content (AvgIpc) is 3.48. The minimum absolute atomic E-state index is 0.0388. The summed E-state index contributed by atoms with van der Waals surface area (Å²) in [4.78, 5) is 16.7. The summed E-state index contributed by atoms with van der Waals surface area (Å²) in [7, 11) is -3.81. The van der Waals surface area contributed by atoms with Gasteiger partial charge in [0.25, 0.3) is 5.91 Å². The number of rotatable bonds is 8. The maximum Gasteiger partial charge on any atom is 0.271 e. The van der Waals surface area contributed by atoms with E-state index in [0.717, 1.165) is 0 Å². The Morgan fingerprint density at radius 3 is 2.56 bits per heavy atom. The van der Waals surface area contributed by atoms with Gasteiger partial charge in [0.1, 0.15) is 11.5 Å². The van der Waals surface area contributed by atoms with Crippen LogP contribution in [0.25, 0.3) is 10.8 Å². The predicted octanol–water partition coefficient (Wildman–Crippen LogP) is 3.95. The van der Waals surface area contributed by atoms with Crippen LogP contribution in [0.15, 0.2) is 81.6 Å². The molecule has 4 aromatic rings. The van der Waals surface area contributed by atoms with Crippen LogP contribution in [-0.4, -0.2) is 19.3 Å². The van der Waals surface area contributed by atoms with Crippen molar-refractivity contribution in [1.82, 2.24) is 15.0 Å². The number of carbonyl (C=O) groups is 1. The Bertz CT molecular complexity index is 1330. The summed E-state index contributed by atoms with van der Waals surface area (Å²) in [5.41, 5.74) is 1.37. The van der Waals surface area contributed by atoms with Gasteiger partial charge in [-0.3, -0.25) is 4.79 Å². The van der Waals surface area contributed by atoms with Gasteiger partial charge in [-0.15, -0.1) is 11.3 Å². The van der Waals surface area contributed by atoms with Crippen LogP contribution in [0.4, 0.5) is 4.39 Å². The standard InChI is InChI=1S/C22H18FN3O4S2/c23-17-6-1-4-15(10-17)13-25-32(28,29)18-7-2-5-16(11-18)12-24-21(27)19-14-31-22(26-19)20-8-3-9-30-20/h1-11,14,25H,12-13H2,(H,24,27). The molecule has 2 aromatic heterocycles. The topological polar surface area (TPSA) is 101 Å². The maximum atomic E-state index is 13.3. The van der Waals surface area contributed by atoms with E-state index in [-0.39, 0.29) is 29.6 Å². The van der Waals surface area contributed by atoms with Gasteiger partial charge in [-0.1, -0.05) is 24.3 Å². The highest BCUT2D eigenvalue weighted by Crippen LogP contribution is 2.24. The van der Waals surface area contributed by atoms with E-state index in [1.807, 2.05) is 0 Å². The highest BCUT2D eigenvalue weighted by Gasteiger charge is 2.16. The number of benzene rings is 2. The minimum atomic E-state index is -3.81. The molecule has 32 heavy (non-hydrogen) atoms. The summed E-state index contributed by atoms with van der Waals surface area (Å²) in [5.74, 6) is -0.231. The molecule has 164 valence electrons. The molecule has 1 amide bonds. The van der Waals surface area contributed by atoms with Crippen LogP contribution in [0.3, 0.4) is 0 Å². The Hall–Kier alpha value is -3.34. The highest BCUT2D eigenvalue weighted by molar-refractivity contribution is 7.89. The number of thiazole rings is 1. The van der Waals surface area contributed by atoms with Crippen molar-refractivity contribution >= 4 is 27.3 Å². The van der Waals surface area contributed by atoms with Crippen molar-refractivity contribution in [2.24, 2.45) is 0 Å². The number of furan rings is 1. The maximum absolute atomic E-state index is 13.3. The summed E-state index contributed by atoms with van der Waals surface area (Å²) in [6.45, 7) is 0.0859. The Morgan fingerprint density at radius 2 is 1.81 bits per heavy atom. The normalized spacial score (nSPS) is 11.4. The first-order valence-electron chi connectivity index (χ1n) is 9.51. The van der Waals surface area contributed by atoms with E-state index >= 15 is 0 Å². The Morgan fingerprint density at radius 1 is 1.03 bits per heavy atom. The molecule has 0 fully saturated rings. The summed E-state index contributed by atoms with van der Waals surface area (Å²) in [5, 5.41) is 4.96. The number of halogens is 1. The molecule has 2 heterocycles. The van der Waals surface area contributed by atoms with E-state index in [0.29, 0.717) is 21.9 Å². The second kappa shape index (κ2) is 9.43. The van der Waals surface area contributed by atoms with E-state index in [9.17, 15) is 17.6 Å². The molecule has 0 bridgehead atoms. The van der Waals surface area contributed by atoms with Gasteiger partial charge in [0.2, 0.25) is 10.0 Å². The number of hydrogen-bond donors (Lipinski definition) is 2. The fourth-order valence-corrected chi connectivity index (χ4v) is 4.75. The number of nitrogens with one attached hydrogen (secondary N) is 2. The van der Waals surface area contributed by atoms with Crippen molar-refractivity contribution in [1.29, 1.82) is 0 Å². The average molecular weight is 472 g/mol. The molecule has 0 spiro atoms. The van der Waals surface area contributed by atoms with Crippen LogP contribution in [0.1, 0.15) is 21.6 Å². The summed E-state index contributed by atoms with van der Waals surface area (Å²) < 4.78 is 46.2. The van der Waals surface area contributed by atoms with Crippen LogP contribution < -0.4 is 10.0 Å². The zero-order valence-electron chi connectivity index (χ0n) is 16.6. The molecule has 10 heteroatoms. The molecule has 0 atom stereocenters. The van der Waals surface area contributed by atoms with Gasteiger partial charge in [-0.2, -0.15) is 0 Å². The highest BCUT2D eigenvalue weighted by atomic mass is 32.2. The third-order valence-corrected chi connectivity index (χ3v) is 6.74. The van der Waals surface area contributed by atoms with Crippen LogP contribution in [0.5, 0.6) is 0 Å². The molecular weight excluding hydrogens is 453 g/mol. The van der Waals surface area contributed by atoms with Gasteiger partial charge in [0.15, 0.2) is 10.8 Å². The van der Waals surface area contributed by atoms with Crippen molar-refractivity contribution in [3.05, 3.63) is 94.9 Å². The van der Waals surface area contributed by atoms with E-state index in [1.54, 1.807) is 35.7 Å². The van der Waals surface area contributed by atoms with Gasteiger partial charge in [-0.25, -0.2) is 22.5 Å².